The highest BCUT2D eigenvalue weighted by Gasteiger charge is 2.42. The van der Waals surface area contributed by atoms with Crippen molar-refractivity contribution in [2.45, 2.75) is 31.2 Å². The topological polar surface area (TPSA) is 120 Å². The van der Waals surface area contributed by atoms with E-state index in [4.69, 9.17) is 24.5 Å². The van der Waals surface area contributed by atoms with Crippen molar-refractivity contribution in [2.24, 2.45) is 5.92 Å². The van der Waals surface area contributed by atoms with E-state index in [1.165, 1.54) is 6.42 Å². The van der Waals surface area contributed by atoms with Gasteiger partial charge in [-0.15, -0.1) is 0 Å². The van der Waals surface area contributed by atoms with Gasteiger partial charge in [0, 0.05) is 44.7 Å². The van der Waals surface area contributed by atoms with Gasteiger partial charge in [-0.25, -0.2) is 9.59 Å². The Morgan fingerprint density at radius 3 is 2.09 bits per heavy atom. The number of halogens is 6. The number of carbonyl (C=O) groups excluding carboxylic acids is 1. The minimum atomic E-state index is -5.08. The second-order valence-corrected chi connectivity index (χ2v) is 7.55. The Balaban J connectivity index is 0.000000362. The normalized spacial score (nSPS) is 19.7. The molecule has 1 aromatic rings. The third-order valence-electron chi connectivity index (χ3n) is 5.14. The van der Waals surface area contributed by atoms with E-state index in [9.17, 15) is 31.1 Å². The summed E-state index contributed by atoms with van der Waals surface area (Å²) < 4.78 is 68.6. The van der Waals surface area contributed by atoms with E-state index < -0.39 is 24.3 Å². The van der Waals surface area contributed by atoms with Crippen LogP contribution in [0.25, 0.3) is 0 Å². The van der Waals surface area contributed by atoms with E-state index in [2.05, 4.69) is 9.88 Å². The Labute approximate surface area is 196 Å². The number of pyridine rings is 1. The number of methoxy groups -OCH3 is 1. The molecule has 2 aliphatic heterocycles. The Kier molecular flexibility index (Phi) is 11.4. The number of hydrogen-bond donors (Lipinski definition) is 2. The molecule has 1 amide bonds. The van der Waals surface area contributed by atoms with Gasteiger partial charge in [0.25, 0.3) is 0 Å². The van der Waals surface area contributed by atoms with Gasteiger partial charge in [0.15, 0.2) is 0 Å². The number of fused-ring (bicyclic) bond motifs is 1. The van der Waals surface area contributed by atoms with Crippen molar-refractivity contribution >= 4 is 17.8 Å². The van der Waals surface area contributed by atoms with Gasteiger partial charge in [0.05, 0.1) is 13.0 Å². The number of carbonyl (C=O) groups is 3. The predicted molar refractivity (Wildman–Crippen MR) is 107 cm³/mol. The number of aromatic nitrogens is 1. The zero-order chi connectivity index (χ0) is 26.8. The predicted octanol–water partition coefficient (Wildman–Crippen LogP) is 2.07. The summed E-state index contributed by atoms with van der Waals surface area (Å²) in [6, 6.07) is 6.25. The van der Waals surface area contributed by atoms with Crippen molar-refractivity contribution in [3.8, 4) is 0 Å². The van der Waals surface area contributed by atoms with Crippen LogP contribution in [0.2, 0.25) is 0 Å². The lowest BCUT2D eigenvalue weighted by Gasteiger charge is -2.24. The van der Waals surface area contributed by atoms with Crippen molar-refractivity contribution in [1.82, 2.24) is 14.8 Å². The first-order valence-electron chi connectivity index (χ1n) is 10.2. The molecule has 0 saturated carbocycles. The third kappa shape index (κ3) is 10.5. The molecule has 0 radical (unpaired) electrons. The van der Waals surface area contributed by atoms with Crippen LogP contribution < -0.4 is 0 Å². The molecule has 0 aliphatic carbocycles. The van der Waals surface area contributed by atoms with Crippen LogP contribution >= 0.6 is 0 Å². The van der Waals surface area contributed by atoms with Crippen LogP contribution in [0.1, 0.15) is 12.1 Å². The fourth-order valence-corrected chi connectivity index (χ4v) is 3.51. The summed E-state index contributed by atoms with van der Waals surface area (Å²) in [6.07, 6.45) is -6.81. The molecule has 0 bridgehead atoms. The summed E-state index contributed by atoms with van der Waals surface area (Å²) in [6.45, 7) is 4.64. The zero-order valence-electron chi connectivity index (χ0n) is 18.6. The second kappa shape index (κ2) is 13.2. The van der Waals surface area contributed by atoms with Gasteiger partial charge < -0.3 is 19.8 Å². The number of amides is 1. The van der Waals surface area contributed by atoms with Gasteiger partial charge in [0.2, 0.25) is 5.91 Å². The molecule has 0 spiro atoms. The number of nitrogens with zero attached hydrogens (tertiary/aromatic N) is 3. The minimum absolute atomic E-state index is 0.204. The zero-order valence-corrected chi connectivity index (χ0v) is 18.6. The van der Waals surface area contributed by atoms with Gasteiger partial charge in [-0.05, 0) is 31.0 Å². The van der Waals surface area contributed by atoms with Crippen molar-refractivity contribution in [3.05, 3.63) is 30.1 Å². The first-order valence-corrected chi connectivity index (χ1v) is 10.2. The fraction of sp³-hybridized carbons (Fsp3) is 0.600. The molecule has 198 valence electrons. The number of aliphatic carboxylic acids is 2. The molecule has 2 saturated heterocycles. The lowest BCUT2D eigenvalue weighted by molar-refractivity contribution is -0.193. The number of hydrogen-bond acceptors (Lipinski definition) is 6. The highest BCUT2D eigenvalue weighted by molar-refractivity contribution is 5.78. The average Bonchev–Trinajstić information content (AvgIpc) is 3.34. The molecule has 1 aromatic heterocycles. The SMILES string of the molecule is COCCN1CC[C@@H]2CN(C(=O)Cc3ccccn3)C[C@@H]21.O=C(O)C(F)(F)F.O=C(O)C(F)(F)F. The van der Waals surface area contributed by atoms with E-state index in [0.29, 0.717) is 18.4 Å². The maximum atomic E-state index is 12.4. The first-order chi connectivity index (χ1) is 16.2. The average molecular weight is 517 g/mol. The smallest absolute Gasteiger partial charge is 0.475 e. The van der Waals surface area contributed by atoms with Crippen LogP contribution in [0.5, 0.6) is 0 Å². The molecule has 35 heavy (non-hydrogen) atoms. The van der Waals surface area contributed by atoms with E-state index in [1.54, 1.807) is 13.3 Å². The van der Waals surface area contributed by atoms with E-state index in [-0.39, 0.29) is 5.91 Å². The fourth-order valence-electron chi connectivity index (χ4n) is 3.51. The number of carboxylic acids is 2. The van der Waals surface area contributed by atoms with Gasteiger partial charge in [-0.3, -0.25) is 14.7 Å². The van der Waals surface area contributed by atoms with Crippen LogP contribution in [-0.2, 0) is 25.5 Å². The van der Waals surface area contributed by atoms with Crippen LogP contribution in [0.3, 0.4) is 0 Å². The van der Waals surface area contributed by atoms with E-state index >= 15 is 0 Å². The Morgan fingerprint density at radius 1 is 1.06 bits per heavy atom. The highest BCUT2D eigenvalue weighted by Crippen LogP contribution is 2.31. The van der Waals surface area contributed by atoms with Crippen molar-refractivity contribution in [1.29, 1.82) is 0 Å². The lowest BCUT2D eigenvalue weighted by atomic mass is 10.1. The van der Waals surface area contributed by atoms with Crippen LogP contribution in [0, 0.1) is 5.92 Å². The van der Waals surface area contributed by atoms with Gasteiger partial charge in [0.1, 0.15) is 0 Å². The standard InChI is InChI=1S/C16H23N3O2.2C2HF3O2/c1-21-9-8-18-7-5-13-11-19(12-15(13)18)16(20)10-14-4-2-3-6-17-14;2*3-2(4,5)1(6)7/h2-4,6,13,15H,5,7-12H2,1H3;2*(H,6,7)/t13-,15+;;/m1../s1. The maximum Gasteiger partial charge on any atom is 0.490 e. The highest BCUT2D eigenvalue weighted by atomic mass is 19.4. The summed E-state index contributed by atoms with van der Waals surface area (Å²) in [7, 11) is 1.74. The van der Waals surface area contributed by atoms with Gasteiger partial charge >= 0.3 is 24.3 Å². The number of carboxylic acid groups (broad SMARTS) is 2. The molecule has 15 heteroatoms. The second-order valence-electron chi connectivity index (χ2n) is 7.55. The van der Waals surface area contributed by atoms with Crippen molar-refractivity contribution in [3.63, 3.8) is 0 Å². The minimum Gasteiger partial charge on any atom is -0.475 e. The summed E-state index contributed by atoms with van der Waals surface area (Å²) in [4.78, 5) is 38.9. The molecule has 2 N–H and O–H groups in total. The Bertz CT molecular complexity index is 813. The van der Waals surface area contributed by atoms with Gasteiger partial charge in [-0.1, -0.05) is 6.07 Å². The summed E-state index contributed by atoms with van der Waals surface area (Å²) >= 11 is 0. The quantitative estimate of drug-likeness (QED) is 0.570. The number of alkyl halides is 6. The summed E-state index contributed by atoms with van der Waals surface area (Å²) in [5, 5.41) is 14.2. The molecule has 3 rings (SSSR count). The summed E-state index contributed by atoms with van der Waals surface area (Å²) in [5.74, 6) is -4.68. The Morgan fingerprint density at radius 2 is 1.63 bits per heavy atom. The number of rotatable bonds is 5. The van der Waals surface area contributed by atoms with E-state index in [1.807, 2.05) is 23.1 Å². The van der Waals surface area contributed by atoms with E-state index in [0.717, 1.165) is 38.5 Å². The molecular formula is C20H25F6N3O6. The summed E-state index contributed by atoms with van der Waals surface area (Å²) in [5.41, 5.74) is 0.857. The molecule has 0 aromatic carbocycles. The largest absolute Gasteiger partial charge is 0.490 e. The number of ether oxygens (including phenoxy) is 1. The van der Waals surface area contributed by atoms with Crippen molar-refractivity contribution in [2.75, 3.05) is 39.9 Å². The monoisotopic (exact) mass is 517 g/mol. The molecule has 2 atom stereocenters. The Hall–Kier alpha value is -2.94. The maximum absolute atomic E-state index is 12.4. The molecular weight excluding hydrogens is 492 g/mol. The van der Waals surface area contributed by atoms with Crippen LogP contribution in [-0.4, -0.2) is 101 Å². The molecule has 0 unspecified atom stereocenters. The molecule has 9 nitrogen and oxygen atoms in total. The lowest BCUT2D eigenvalue weighted by Crippen LogP contribution is -2.39. The van der Waals surface area contributed by atoms with Gasteiger partial charge in [-0.2, -0.15) is 26.3 Å². The molecule has 2 aliphatic rings. The van der Waals surface area contributed by atoms with Crippen molar-refractivity contribution < 1.29 is 55.7 Å². The molecule has 2 fully saturated rings. The molecule has 3 heterocycles. The van der Waals surface area contributed by atoms with Crippen LogP contribution in [0.15, 0.2) is 24.4 Å². The number of likely N-dealkylation sites (tertiary alicyclic amines) is 2. The first kappa shape index (κ1) is 30.1. The third-order valence-corrected chi connectivity index (χ3v) is 5.14. The van der Waals surface area contributed by atoms with Crippen LogP contribution in [0.4, 0.5) is 26.3 Å².